The van der Waals surface area contributed by atoms with Crippen molar-refractivity contribution in [3.63, 3.8) is 0 Å². The summed E-state index contributed by atoms with van der Waals surface area (Å²) in [5.74, 6) is -0.680. The van der Waals surface area contributed by atoms with Crippen LogP contribution < -0.4 is 4.74 Å². The summed E-state index contributed by atoms with van der Waals surface area (Å²) in [5, 5.41) is 0. The summed E-state index contributed by atoms with van der Waals surface area (Å²) in [7, 11) is 0. The zero-order valence-electron chi connectivity index (χ0n) is 13.8. The molecule has 0 fully saturated rings. The van der Waals surface area contributed by atoms with Crippen LogP contribution in [0.25, 0.3) is 0 Å². The summed E-state index contributed by atoms with van der Waals surface area (Å²) >= 11 is 2.04. The molecule has 0 aliphatic carbocycles. The number of benzene rings is 1. The van der Waals surface area contributed by atoms with Crippen molar-refractivity contribution in [1.29, 1.82) is 0 Å². The van der Waals surface area contributed by atoms with Gasteiger partial charge in [-0.3, -0.25) is 0 Å². The first-order valence-corrected chi connectivity index (χ1v) is 9.07. The maximum absolute atomic E-state index is 15.0. The van der Waals surface area contributed by atoms with Gasteiger partial charge in [-0.15, -0.1) is 0 Å². The number of nitrogens with zero attached hydrogens (tertiary/aromatic N) is 2. The first-order chi connectivity index (χ1) is 13.1. The van der Waals surface area contributed by atoms with E-state index in [0.717, 1.165) is 14.7 Å². The molecular weight excluding hydrogens is 505 g/mol. The molecule has 3 heterocycles. The van der Waals surface area contributed by atoms with Gasteiger partial charge in [0.15, 0.2) is 17.8 Å². The molecule has 0 bridgehead atoms. The summed E-state index contributed by atoms with van der Waals surface area (Å²) < 4.78 is 90.5. The van der Waals surface area contributed by atoms with Gasteiger partial charge in [0.25, 0.3) is 0 Å². The van der Waals surface area contributed by atoms with Gasteiger partial charge in [-0.2, -0.15) is 22.0 Å². The highest BCUT2D eigenvalue weighted by atomic mass is 127. The van der Waals surface area contributed by atoms with Gasteiger partial charge >= 0.3 is 12.8 Å². The Morgan fingerprint density at radius 3 is 2.75 bits per heavy atom. The van der Waals surface area contributed by atoms with Gasteiger partial charge in [-0.25, -0.2) is 9.38 Å². The molecule has 0 aromatic heterocycles. The first kappa shape index (κ1) is 19.4. The minimum Gasteiger partial charge on any atom is -0.490 e. The second-order valence-corrected chi connectivity index (χ2v) is 7.62. The molecule has 28 heavy (non-hydrogen) atoms. The van der Waals surface area contributed by atoms with Crippen molar-refractivity contribution in [3.05, 3.63) is 50.9 Å². The van der Waals surface area contributed by atoms with E-state index >= 15 is 0 Å². The normalized spacial score (nSPS) is 26.4. The summed E-state index contributed by atoms with van der Waals surface area (Å²) in [4.78, 5) is 5.25. The molecule has 3 aliphatic rings. The third-order valence-electron chi connectivity index (χ3n) is 4.65. The highest BCUT2D eigenvalue weighted by molar-refractivity contribution is 14.1. The van der Waals surface area contributed by atoms with Crippen LogP contribution in [0.1, 0.15) is 5.56 Å². The lowest BCUT2D eigenvalue weighted by Gasteiger charge is -2.36. The van der Waals surface area contributed by atoms with E-state index in [2.05, 4.69) is 9.73 Å². The third kappa shape index (κ3) is 3.12. The number of ether oxygens (including phenoxy) is 2. The summed E-state index contributed by atoms with van der Waals surface area (Å²) in [6.45, 7) is -4.02. The molecule has 0 N–H and O–H groups in total. The van der Waals surface area contributed by atoms with E-state index in [-0.39, 0.29) is 19.0 Å². The maximum Gasteiger partial charge on any atom is 0.417 e. The summed E-state index contributed by atoms with van der Waals surface area (Å²) in [6.07, 6.45) is -5.31. The molecule has 1 aromatic rings. The molecule has 0 saturated carbocycles. The Bertz CT molecular complexity index is 913. The highest BCUT2D eigenvalue weighted by Gasteiger charge is 2.53. The number of hydrogen-bond donors (Lipinski definition) is 0. The summed E-state index contributed by atoms with van der Waals surface area (Å²) in [6, 6.07) is 4.92. The van der Waals surface area contributed by atoms with Crippen molar-refractivity contribution in [2.45, 2.75) is 24.5 Å². The van der Waals surface area contributed by atoms with E-state index in [9.17, 15) is 26.3 Å². The van der Waals surface area contributed by atoms with Gasteiger partial charge in [0, 0.05) is 15.3 Å². The summed E-state index contributed by atoms with van der Waals surface area (Å²) in [5.41, 5.74) is -2.44. The van der Waals surface area contributed by atoms with Crippen LogP contribution in [0.15, 0.2) is 46.8 Å². The monoisotopic (exact) mass is 516 g/mol. The van der Waals surface area contributed by atoms with Crippen LogP contribution in [0.2, 0.25) is 0 Å². The van der Waals surface area contributed by atoms with Gasteiger partial charge in [0.1, 0.15) is 17.9 Å². The van der Waals surface area contributed by atoms with Crippen LogP contribution in [0.5, 0.6) is 5.75 Å². The van der Waals surface area contributed by atoms with Gasteiger partial charge in [-0.05, 0) is 40.8 Å². The highest BCUT2D eigenvalue weighted by Crippen LogP contribution is 2.47. The van der Waals surface area contributed by atoms with Crippen molar-refractivity contribution in [2.24, 2.45) is 4.99 Å². The van der Waals surface area contributed by atoms with Crippen molar-refractivity contribution < 1.29 is 35.8 Å². The Labute approximate surface area is 168 Å². The molecule has 2 atom stereocenters. The van der Waals surface area contributed by atoms with E-state index < -0.39 is 35.8 Å². The Kier molecular flexibility index (Phi) is 4.55. The van der Waals surface area contributed by atoms with Crippen LogP contribution in [0.3, 0.4) is 0 Å². The molecule has 11 heteroatoms. The molecule has 0 saturated heterocycles. The van der Waals surface area contributed by atoms with Gasteiger partial charge in [0.05, 0.1) is 12.1 Å². The number of aliphatic imine (C=N–C) groups is 1. The topological polar surface area (TPSA) is 34.1 Å². The standard InChI is InChI=1S/C17H11F6IN2O2/c18-13-6-27-11-4-9(24)1-2-10(11)16(13)7-26-5-8(17(21,22)23)3-12(14(26)25-16)28-15(19)20/h1-5,13,15H,6-7H2/t13-,16+/m0/s1. The molecule has 0 radical (unpaired) electrons. The van der Waals surface area contributed by atoms with E-state index in [1.54, 1.807) is 18.2 Å². The molecule has 1 spiro atoms. The zero-order valence-corrected chi connectivity index (χ0v) is 16.0. The average molecular weight is 516 g/mol. The molecule has 150 valence electrons. The van der Waals surface area contributed by atoms with Crippen LogP contribution >= 0.6 is 22.6 Å². The number of amidine groups is 1. The van der Waals surface area contributed by atoms with Crippen LogP contribution in [0.4, 0.5) is 26.3 Å². The van der Waals surface area contributed by atoms with Gasteiger partial charge < -0.3 is 14.4 Å². The predicted octanol–water partition coefficient (Wildman–Crippen LogP) is 4.51. The van der Waals surface area contributed by atoms with E-state index in [1.165, 1.54) is 0 Å². The largest absolute Gasteiger partial charge is 0.490 e. The second kappa shape index (κ2) is 6.56. The number of rotatable bonds is 2. The quantitative estimate of drug-likeness (QED) is 0.429. The van der Waals surface area contributed by atoms with Crippen molar-refractivity contribution in [3.8, 4) is 5.75 Å². The molecule has 1 aromatic carbocycles. The average Bonchev–Trinajstić information content (AvgIpc) is 2.98. The maximum atomic E-state index is 15.0. The number of alkyl halides is 6. The van der Waals surface area contributed by atoms with Crippen molar-refractivity contribution >= 4 is 28.4 Å². The lowest BCUT2D eigenvalue weighted by Crippen LogP contribution is -2.46. The first-order valence-electron chi connectivity index (χ1n) is 7.99. The Morgan fingerprint density at radius 1 is 1.32 bits per heavy atom. The fourth-order valence-electron chi connectivity index (χ4n) is 3.43. The SMILES string of the molecule is FC(F)OC1=CC(C(F)(F)F)=CN2C[C@@]3(N=C12)c1ccc(I)cc1OC[C@@H]3F. The lowest BCUT2D eigenvalue weighted by atomic mass is 9.84. The molecule has 0 unspecified atom stereocenters. The minimum absolute atomic E-state index is 0.276. The Morgan fingerprint density at radius 2 is 2.07 bits per heavy atom. The van der Waals surface area contributed by atoms with E-state index in [1.807, 2.05) is 22.6 Å². The fourth-order valence-corrected chi connectivity index (χ4v) is 3.90. The number of hydrogen-bond acceptors (Lipinski definition) is 4. The molecule has 4 rings (SSSR count). The Balaban J connectivity index is 1.84. The van der Waals surface area contributed by atoms with Crippen LogP contribution in [-0.4, -0.2) is 42.8 Å². The number of allylic oxidation sites excluding steroid dienone is 2. The van der Waals surface area contributed by atoms with Gasteiger partial charge in [-0.1, -0.05) is 6.07 Å². The second-order valence-electron chi connectivity index (χ2n) is 6.38. The van der Waals surface area contributed by atoms with Crippen molar-refractivity contribution in [2.75, 3.05) is 13.2 Å². The predicted molar refractivity (Wildman–Crippen MR) is 94.7 cm³/mol. The van der Waals surface area contributed by atoms with E-state index in [0.29, 0.717) is 17.4 Å². The smallest absolute Gasteiger partial charge is 0.417 e. The van der Waals surface area contributed by atoms with Crippen LogP contribution in [0, 0.1) is 3.57 Å². The molecular formula is C17H11F6IN2O2. The zero-order chi connectivity index (χ0) is 20.3. The third-order valence-corrected chi connectivity index (χ3v) is 5.32. The van der Waals surface area contributed by atoms with E-state index in [4.69, 9.17) is 4.74 Å². The molecule has 0 amide bonds. The van der Waals surface area contributed by atoms with Crippen molar-refractivity contribution in [1.82, 2.24) is 4.90 Å². The Hall–Kier alpha value is -1.92. The van der Waals surface area contributed by atoms with Crippen LogP contribution in [-0.2, 0) is 10.3 Å². The fraction of sp³-hybridized carbons (Fsp3) is 0.353. The number of fused-ring (bicyclic) bond motifs is 3. The molecule has 4 nitrogen and oxygen atoms in total. The molecule has 3 aliphatic heterocycles. The lowest BCUT2D eigenvalue weighted by molar-refractivity contribution is -0.0981. The minimum atomic E-state index is -4.79. The number of halogens is 7. The van der Waals surface area contributed by atoms with Gasteiger partial charge in [0.2, 0.25) is 0 Å².